The normalized spacial score (nSPS) is 21.2. The minimum atomic E-state index is -4.76. The average molecular weight is 499 g/mol. The molecule has 0 saturated carbocycles. The van der Waals surface area contributed by atoms with Crippen molar-refractivity contribution in [2.24, 2.45) is 0 Å². The van der Waals surface area contributed by atoms with Gasteiger partial charge in [-0.15, -0.1) is 0 Å². The van der Waals surface area contributed by atoms with Crippen LogP contribution in [0.15, 0.2) is 53.4 Å². The monoisotopic (exact) mass is 498 g/mol. The van der Waals surface area contributed by atoms with E-state index < -0.39 is 32.8 Å². The maximum absolute atomic E-state index is 13.3. The van der Waals surface area contributed by atoms with Crippen LogP contribution in [-0.4, -0.2) is 68.2 Å². The summed E-state index contributed by atoms with van der Waals surface area (Å²) in [5, 5.41) is 10.5. The van der Waals surface area contributed by atoms with Crippen molar-refractivity contribution in [2.75, 3.05) is 39.3 Å². The number of benzene rings is 2. The van der Waals surface area contributed by atoms with Crippen LogP contribution >= 0.6 is 0 Å². The Hall–Kier alpha value is -1.98. The average Bonchev–Trinajstić information content (AvgIpc) is 2.82. The van der Waals surface area contributed by atoms with Crippen LogP contribution in [0.4, 0.5) is 13.2 Å². The number of fused-ring (bicyclic) bond motifs is 1. The summed E-state index contributed by atoms with van der Waals surface area (Å²) >= 11 is 0. The fourth-order valence-electron chi connectivity index (χ4n) is 4.68. The molecule has 2 aromatic carbocycles. The number of alkyl halides is 3. The zero-order valence-electron chi connectivity index (χ0n) is 18.7. The van der Waals surface area contributed by atoms with Gasteiger partial charge in [-0.05, 0) is 42.5 Å². The van der Waals surface area contributed by atoms with Gasteiger partial charge in [-0.3, -0.25) is 4.90 Å². The molecule has 2 aliphatic rings. The molecular weight excluding hydrogens is 469 g/mol. The highest BCUT2D eigenvalue weighted by Gasteiger charge is 2.39. The number of sulfonamides is 1. The van der Waals surface area contributed by atoms with Crippen molar-refractivity contribution in [3.63, 3.8) is 0 Å². The van der Waals surface area contributed by atoms with Crippen molar-refractivity contribution in [1.29, 1.82) is 0 Å². The Morgan fingerprint density at radius 2 is 1.71 bits per heavy atom. The highest BCUT2D eigenvalue weighted by atomic mass is 32.2. The summed E-state index contributed by atoms with van der Waals surface area (Å²) in [5.74, 6) is 0. The summed E-state index contributed by atoms with van der Waals surface area (Å²) < 4.78 is 72.8. The molecule has 0 radical (unpaired) electrons. The zero-order valence-corrected chi connectivity index (χ0v) is 19.6. The molecule has 0 bridgehead atoms. The number of aliphatic hydroxyl groups is 1. The maximum atomic E-state index is 13.3. The number of ether oxygens (including phenoxy) is 1. The van der Waals surface area contributed by atoms with Crippen LogP contribution in [0.25, 0.3) is 0 Å². The van der Waals surface area contributed by atoms with E-state index >= 15 is 0 Å². The minimum Gasteiger partial charge on any atom is -0.389 e. The SMILES string of the molecule is O=S(=O)(c1ccccc1C(F)(F)F)N1CCN(C[C@H](O)CO[C@H]2CCCc3ccccc32)CC1. The van der Waals surface area contributed by atoms with Gasteiger partial charge < -0.3 is 9.84 Å². The van der Waals surface area contributed by atoms with Crippen LogP contribution in [-0.2, 0) is 27.4 Å². The molecule has 2 atom stereocenters. The van der Waals surface area contributed by atoms with Crippen molar-refractivity contribution in [3.8, 4) is 0 Å². The maximum Gasteiger partial charge on any atom is 0.417 e. The number of halogens is 3. The van der Waals surface area contributed by atoms with Gasteiger partial charge in [-0.1, -0.05) is 36.4 Å². The predicted molar refractivity (Wildman–Crippen MR) is 121 cm³/mol. The van der Waals surface area contributed by atoms with Crippen molar-refractivity contribution in [1.82, 2.24) is 9.21 Å². The first-order chi connectivity index (χ1) is 16.2. The first-order valence-electron chi connectivity index (χ1n) is 11.4. The predicted octanol–water partition coefficient (Wildman–Crippen LogP) is 3.47. The molecule has 1 aliphatic carbocycles. The van der Waals surface area contributed by atoms with Gasteiger partial charge in [0.2, 0.25) is 10.0 Å². The Labute approximate surface area is 198 Å². The van der Waals surface area contributed by atoms with Crippen molar-refractivity contribution in [3.05, 3.63) is 65.2 Å². The van der Waals surface area contributed by atoms with Gasteiger partial charge in [0, 0.05) is 32.7 Å². The highest BCUT2D eigenvalue weighted by molar-refractivity contribution is 7.89. The molecular formula is C24H29F3N2O4S. The van der Waals surface area contributed by atoms with E-state index in [2.05, 4.69) is 12.1 Å². The second-order valence-electron chi connectivity index (χ2n) is 8.77. The fraction of sp³-hybridized carbons (Fsp3) is 0.500. The van der Waals surface area contributed by atoms with Crippen LogP contribution in [0.2, 0.25) is 0 Å². The van der Waals surface area contributed by atoms with E-state index in [0.717, 1.165) is 35.7 Å². The number of hydrogen-bond donors (Lipinski definition) is 1. The van der Waals surface area contributed by atoms with Gasteiger partial charge in [0.1, 0.15) is 0 Å². The molecule has 0 unspecified atom stereocenters. The largest absolute Gasteiger partial charge is 0.417 e. The summed E-state index contributed by atoms with van der Waals surface area (Å²) in [7, 11) is -4.28. The van der Waals surface area contributed by atoms with Crippen LogP contribution < -0.4 is 0 Å². The molecule has 0 amide bonds. The molecule has 1 heterocycles. The number of aliphatic hydroxyl groups excluding tert-OH is 1. The molecule has 34 heavy (non-hydrogen) atoms. The van der Waals surface area contributed by atoms with Crippen LogP contribution in [0.1, 0.15) is 35.6 Å². The number of piperazine rings is 1. The second kappa shape index (κ2) is 10.3. The molecule has 10 heteroatoms. The number of aryl methyl sites for hydroxylation is 1. The smallest absolute Gasteiger partial charge is 0.389 e. The Kier molecular flexibility index (Phi) is 7.63. The van der Waals surface area contributed by atoms with Gasteiger partial charge in [0.15, 0.2) is 0 Å². The molecule has 4 rings (SSSR count). The Bertz CT molecular complexity index is 1090. The molecule has 0 spiro atoms. The van der Waals surface area contributed by atoms with E-state index in [1.54, 1.807) is 0 Å². The van der Waals surface area contributed by atoms with E-state index in [0.29, 0.717) is 19.6 Å². The third-order valence-electron chi connectivity index (χ3n) is 6.41. The zero-order chi connectivity index (χ0) is 24.3. The van der Waals surface area contributed by atoms with Crippen molar-refractivity contribution < 1.29 is 31.4 Å². The van der Waals surface area contributed by atoms with E-state index in [4.69, 9.17) is 4.74 Å². The van der Waals surface area contributed by atoms with E-state index in [1.165, 1.54) is 23.3 Å². The third kappa shape index (κ3) is 5.63. The first-order valence-corrected chi connectivity index (χ1v) is 12.9. The summed E-state index contributed by atoms with van der Waals surface area (Å²) in [6, 6.07) is 12.4. The number of hydrogen-bond acceptors (Lipinski definition) is 5. The van der Waals surface area contributed by atoms with Crippen LogP contribution in [0.5, 0.6) is 0 Å². The first kappa shape index (κ1) is 25.1. The van der Waals surface area contributed by atoms with E-state index in [1.807, 2.05) is 17.0 Å². The number of nitrogens with zero attached hydrogens (tertiary/aromatic N) is 2. The number of rotatable bonds is 7. The molecule has 1 N–H and O–H groups in total. The Balaban J connectivity index is 1.30. The summed E-state index contributed by atoms with van der Waals surface area (Å²) in [4.78, 5) is 1.18. The fourth-order valence-corrected chi connectivity index (χ4v) is 6.31. The molecule has 0 aromatic heterocycles. The molecule has 1 fully saturated rings. The Morgan fingerprint density at radius 1 is 1.03 bits per heavy atom. The van der Waals surface area contributed by atoms with E-state index in [9.17, 15) is 26.7 Å². The standard InChI is InChI=1S/C24H29F3N2O4S/c25-24(26,27)21-9-3-4-11-23(21)34(31,32)29-14-12-28(13-15-29)16-19(30)17-33-22-10-5-7-18-6-1-2-8-20(18)22/h1-4,6,8-9,11,19,22,30H,5,7,10,12-17H2/t19-,22-/m0/s1. The lowest BCUT2D eigenvalue weighted by Gasteiger charge is -2.35. The lowest BCUT2D eigenvalue weighted by atomic mass is 9.89. The summed E-state index contributed by atoms with van der Waals surface area (Å²) in [6.07, 6.45) is -2.59. The van der Waals surface area contributed by atoms with Crippen molar-refractivity contribution in [2.45, 2.75) is 42.5 Å². The second-order valence-corrected chi connectivity index (χ2v) is 10.7. The highest BCUT2D eigenvalue weighted by Crippen LogP contribution is 2.35. The molecule has 2 aromatic rings. The van der Waals surface area contributed by atoms with Gasteiger partial charge in [0.25, 0.3) is 0 Å². The lowest BCUT2D eigenvalue weighted by Crippen LogP contribution is -2.50. The Morgan fingerprint density at radius 3 is 2.44 bits per heavy atom. The summed E-state index contributed by atoms with van der Waals surface area (Å²) in [6.45, 7) is 1.21. The van der Waals surface area contributed by atoms with Gasteiger partial charge in [0.05, 0.1) is 29.3 Å². The van der Waals surface area contributed by atoms with Crippen LogP contribution in [0.3, 0.4) is 0 Å². The molecule has 6 nitrogen and oxygen atoms in total. The molecule has 186 valence electrons. The topological polar surface area (TPSA) is 70.1 Å². The molecule has 1 saturated heterocycles. The lowest BCUT2D eigenvalue weighted by molar-refractivity contribution is -0.139. The quantitative estimate of drug-likeness (QED) is 0.633. The third-order valence-corrected chi connectivity index (χ3v) is 8.37. The summed E-state index contributed by atoms with van der Waals surface area (Å²) in [5.41, 5.74) is 1.28. The van der Waals surface area contributed by atoms with Crippen LogP contribution in [0, 0.1) is 0 Å². The minimum absolute atomic E-state index is 0.0460. The van der Waals surface area contributed by atoms with Gasteiger partial charge >= 0.3 is 6.18 Å². The van der Waals surface area contributed by atoms with E-state index in [-0.39, 0.29) is 25.8 Å². The van der Waals surface area contributed by atoms with Gasteiger partial charge in [-0.25, -0.2) is 8.42 Å². The number of β-amino-alcohol motifs (C(OH)–C–C–N with tert-alkyl or cyclic N) is 1. The van der Waals surface area contributed by atoms with Gasteiger partial charge in [-0.2, -0.15) is 17.5 Å². The molecule has 1 aliphatic heterocycles. The van der Waals surface area contributed by atoms with Crippen molar-refractivity contribution >= 4 is 10.0 Å².